The Morgan fingerprint density at radius 1 is 1.29 bits per heavy atom. The predicted molar refractivity (Wildman–Crippen MR) is 129 cm³/mol. The van der Waals surface area contributed by atoms with Gasteiger partial charge in [-0.3, -0.25) is 9.59 Å². The molecule has 1 amide bonds. The number of hydrogen-bond acceptors (Lipinski definition) is 5. The summed E-state index contributed by atoms with van der Waals surface area (Å²) in [6, 6.07) is 7.56. The van der Waals surface area contributed by atoms with Crippen molar-refractivity contribution in [3.63, 3.8) is 0 Å². The van der Waals surface area contributed by atoms with Gasteiger partial charge in [0.15, 0.2) is 12.0 Å². The molecule has 0 saturated carbocycles. The maximum absolute atomic E-state index is 13.8. The lowest BCUT2D eigenvalue weighted by molar-refractivity contribution is -0.115. The number of carbonyl (C=O) groups excluding carboxylic acids is 2. The van der Waals surface area contributed by atoms with E-state index in [1.54, 1.807) is 13.0 Å². The van der Waals surface area contributed by atoms with E-state index in [1.807, 2.05) is 30.1 Å². The summed E-state index contributed by atoms with van der Waals surface area (Å²) in [5.74, 6) is -1.63. The lowest BCUT2D eigenvalue weighted by Crippen LogP contribution is -2.41. The van der Waals surface area contributed by atoms with Gasteiger partial charge in [0.25, 0.3) is 5.91 Å². The Labute approximate surface area is 200 Å². The van der Waals surface area contributed by atoms with E-state index in [0.29, 0.717) is 24.9 Å². The van der Waals surface area contributed by atoms with E-state index in [4.69, 9.17) is 4.42 Å². The summed E-state index contributed by atoms with van der Waals surface area (Å²) < 4.78 is 46.2. The Hall–Kier alpha value is -2.48. The van der Waals surface area contributed by atoms with Crippen molar-refractivity contribution in [2.24, 2.45) is 0 Å². The molecular weight excluding hydrogens is 466 g/mol. The number of nitrogens with one attached hydrogen (secondary N) is 1. The highest BCUT2D eigenvalue weighted by molar-refractivity contribution is 7.17. The highest BCUT2D eigenvalue weighted by Gasteiger charge is 2.33. The average Bonchev–Trinajstić information content (AvgIpc) is 3.12. The van der Waals surface area contributed by atoms with Gasteiger partial charge in [-0.15, -0.1) is 0 Å². The summed E-state index contributed by atoms with van der Waals surface area (Å²) in [6.45, 7) is 6.51. The monoisotopic (exact) mass is 497 g/mol. The highest BCUT2D eigenvalue weighted by atomic mass is 31.0. The minimum atomic E-state index is -3.38. The molecular formula is C24H31F3N3O3P. The minimum absolute atomic E-state index is 0.155. The topological polar surface area (TPSA) is 65.8 Å². The fraction of sp³-hybridized carbons (Fsp3) is 0.417. The first-order valence-electron chi connectivity index (χ1n) is 10.9. The molecule has 0 saturated heterocycles. The summed E-state index contributed by atoms with van der Waals surface area (Å²) in [6.07, 6.45) is 2.21. The molecule has 6 nitrogen and oxygen atoms in total. The molecule has 2 rings (SSSR count). The maximum Gasteiger partial charge on any atom is 0.317 e. The fourth-order valence-electron chi connectivity index (χ4n) is 3.46. The van der Waals surface area contributed by atoms with Gasteiger partial charge in [0.1, 0.15) is 11.6 Å². The molecule has 0 aliphatic heterocycles. The molecule has 1 heterocycles. The lowest BCUT2D eigenvalue weighted by atomic mass is 10.1. The Kier molecular flexibility index (Phi) is 10.0. The third kappa shape index (κ3) is 7.79. The molecule has 1 atom stereocenters. The van der Waals surface area contributed by atoms with Crippen molar-refractivity contribution in [3.05, 3.63) is 64.4 Å². The molecule has 186 valence electrons. The quantitative estimate of drug-likeness (QED) is 0.108. The van der Waals surface area contributed by atoms with Crippen molar-refractivity contribution in [1.82, 2.24) is 10.0 Å². The number of unbranched alkanes of at least 4 members (excludes halogenated alkanes) is 1. The van der Waals surface area contributed by atoms with Crippen LogP contribution in [0.2, 0.25) is 0 Å². The van der Waals surface area contributed by atoms with Crippen LogP contribution in [0.1, 0.15) is 43.8 Å². The van der Waals surface area contributed by atoms with Gasteiger partial charge in [-0.05, 0) is 43.5 Å². The molecule has 0 aliphatic carbocycles. The van der Waals surface area contributed by atoms with Crippen LogP contribution < -0.4 is 5.32 Å². The largest absolute Gasteiger partial charge is 0.457 e. The second-order valence-electron chi connectivity index (χ2n) is 8.18. The van der Waals surface area contributed by atoms with Gasteiger partial charge in [-0.2, -0.15) is 8.78 Å². The summed E-state index contributed by atoms with van der Waals surface area (Å²) in [5.41, 5.74) is -2.49. The Morgan fingerprint density at radius 3 is 2.59 bits per heavy atom. The molecule has 1 aromatic heterocycles. The number of amides is 1. The smallest absolute Gasteiger partial charge is 0.317 e. The zero-order valence-electron chi connectivity index (χ0n) is 19.8. The molecule has 34 heavy (non-hydrogen) atoms. The highest BCUT2D eigenvalue weighted by Crippen LogP contribution is 2.41. The van der Waals surface area contributed by atoms with Crippen LogP contribution in [0.25, 0.3) is 0 Å². The summed E-state index contributed by atoms with van der Waals surface area (Å²) in [5, 5.41) is 6.24. The number of anilines is 1. The molecule has 0 spiro atoms. The van der Waals surface area contributed by atoms with E-state index in [-0.39, 0.29) is 29.4 Å². The molecule has 0 radical (unpaired) electrons. The number of aryl methyl sites for hydroxylation is 1. The first-order chi connectivity index (χ1) is 16.0. The third-order valence-electron chi connectivity index (χ3n) is 5.20. The van der Waals surface area contributed by atoms with E-state index < -0.39 is 17.3 Å². The normalized spacial score (nSPS) is 12.8. The number of alkyl halides is 2. The van der Waals surface area contributed by atoms with Gasteiger partial charge >= 0.3 is 5.66 Å². The fourth-order valence-corrected chi connectivity index (χ4v) is 3.68. The van der Waals surface area contributed by atoms with E-state index in [0.717, 1.165) is 18.4 Å². The van der Waals surface area contributed by atoms with Gasteiger partial charge in [0.05, 0.1) is 11.3 Å². The predicted octanol–water partition coefficient (Wildman–Crippen LogP) is 5.25. The first kappa shape index (κ1) is 27.8. The number of rotatable bonds is 12. The van der Waals surface area contributed by atoms with E-state index in [1.165, 1.54) is 34.4 Å². The number of benzene rings is 1. The second kappa shape index (κ2) is 12.3. The van der Waals surface area contributed by atoms with Crippen molar-refractivity contribution < 1.29 is 27.2 Å². The Balaban J connectivity index is 2.23. The molecule has 0 bridgehead atoms. The molecule has 2 aromatic rings. The molecule has 0 fully saturated rings. The van der Waals surface area contributed by atoms with Gasteiger partial charge in [0, 0.05) is 32.7 Å². The van der Waals surface area contributed by atoms with Crippen LogP contribution in [0, 0.1) is 12.7 Å². The molecule has 1 unspecified atom stereocenters. The summed E-state index contributed by atoms with van der Waals surface area (Å²) >= 11 is 0. The van der Waals surface area contributed by atoms with Gasteiger partial charge < -0.3 is 9.73 Å². The van der Waals surface area contributed by atoms with Crippen molar-refractivity contribution in [2.45, 2.75) is 45.8 Å². The van der Waals surface area contributed by atoms with Crippen molar-refractivity contribution in [2.75, 3.05) is 25.5 Å². The minimum Gasteiger partial charge on any atom is -0.457 e. The van der Waals surface area contributed by atoms with Crippen LogP contribution in [0.3, 0.4) is 0 Å². The second-order valence-corrected chi connectivity index (χ2v) is 8.90. The maximum atomic E-state index is 13.8. The SMILES string of the molecule is CCCCN(C/C(C)=C(\C=O)C(=O)Nc1cc(C)oc1C(F)(F)P)N(C)Cc1cccc(F)c1. The van der Waals surface area contributed by atoms with E-state index in [9.17, 15) is 22.8 Å². The van der Waals surface area contributed by atoms with Crippen molar-refractivity contribution >= 4 is 27.1 Å². The van der Waals surface area contributed by atoms with Crippen LogP contribution in [-0.4, -0.2) is 42.3 Å². The van der Waals surface area contributed by atoms with Crippen molar-refractivity contribution in [1.29, 1.82) is 0 Å². The summed E-state index contributed by atoms with van der Waals surface area (Å²) in [4.78, 5) is 24.6. The van der Waals surface area contributed by atoms with Crippen LogP contribution in [-0.2, 0) is 21.8 Å². The number of furan rings is 1. The summed E-state index contributed by atoms with van der Waals surface area (Å²) in [7, 11) is 3.21. The standard InChI is InChI=1S/C24H31F3N3O3P/c1-5-6-10-30(29(4)14-18-8-7-9-19(25)12-18)13-16(2)20(15-31)23(32)28-21-11-17(3)33-22(21)24(26,27)34/h7-9,11-12,15H,5-6,10,13-14,34H2,1-4H3,(H,28,32)/b20-16+. The Morgan fingerprint density at radius 2 is 2.00 bits per heavy atom. The Bertz CT molecular complexity index is 1030. The molecule has 10 heteroatoms. The average molecular weight is 497 g/mol. The van der Waals surface area contributed by atoms with Crippen LogP contribution in [0.4, 0.5) is 18.9 Å². The number of aldehydes is 1. The van der Waals surface area contributed by atoms with Crippen LogP contribution >= 0.6 is 9.24 Å². The van der Waals surface area contributed by atoms with Crippen LogP contribution in [0.15, 0.2) is 45.9 Å². The molecule has 1 N–H and O–H groups in total. The number of hydrogen-bond donors (Lipinski definition) is 1. The first-order valence-corrected chi connectivity index (χ1v) is 11.5. The molecule has 1 aromatic carbocycles. The van der Waals surface area contributed by atoms with E-state index >= 15 is 0 Å². The number of nitrogens with zero attached hydrogens (tertiary/aromatic N) is 2. The zero-order valence-corrected chi connectivity index (χ0v) is 21.0. The number of halogens is 3. The number of carbonyl (C=O) groups is 2. The zero-order chi connectivity index (χ0) is 25.5. The third-order valence-corrected chi connectivity index (χ3v) is 5.46. The van der Waals surface area contributed by atoms with Crippen molar-refractivity contribution in [3.8, 4) is 0 Å². The van der Waals surface area contributed by atoms with Crippen LogP contribution in [0.5, 0.6) is 0 Å². The lowest BCUT2D eigenvalue weighted by Gasteiger charge is -2.32. The van der Waals surface area contributed by atoms with Gasteiger partial charge in [-0.25, -0.2) is 14.4 Å². The van der Waals surface area contributed by atoms with Gasteiger partial charge in [-0.1, -0.05) is 34.7 Å². The van der Waals surface area contributed by atoms with E-state index in [2.05, 4.69) is 5.32 Å². The number of hydrazine groups is 1. The van der Waals surface area contributed by atoms with Gasteiger partial charge in [0.2, 0.25) is 0 Å². The molecule has 0 aliphatic rings.